The molecule has 0 aromatic heterocycles. The van der Waals surface area contributed by atoms with E-state index in [1.807, 2.05) is 18.2 Å². The summed E-state index contributed by atoms with van der Waals surface area (Å²) in [6.07, 6.45) is 7.61. The minimum Gasteiger partial charge on any atom is -0.198 e. The summed E-state index contributed by atoms with van der Waals surface area (Å²) in [6, 6.07) is 12.8. The number of hydrogen-bond donors (Lipinski definition) is 0. The third kappa shape index (κ3) is 5.78. The lowest BCUT2D eigenvalue weighted by atomic mass is 9.73. The SMILES string of the molecule is [CH2]C(CCC)(CCCC)CC(C#N)Cc1ccccc1. The van der Waals surface area contributed by atoms with Gasteiger partial charge in [0.05, 0.1) is 12.0 Å². The first-order valence-corrected chi connectivity index (χ1v) is 7.92. The van der Waals surface area contributed by atoms with E-state index in [-0.39, 0.29) is 11.3 Å². The highest BCUT2D eigenvalue weighted by atomic mass is 14.3. The summed E-state index contributed by atoms with van der Waals surface area (Å²) in [5.41, 5.74) is 1.34. The number of unbranched alkanes of at least 4 members (excludes halogenated alkanes) is 1. The first-order chi connectivity index (χ1) is 9.63. The average molecular weight is 270 g/mol. The van der Waals surface area contributed by atoms with Gasteiger partial charge in [-0.2, -0.15) is 5.26 Å². The first-order valence-electron chi connectivity index (χ1n) is 7.92. The molecule has 109 valence electrons. The van der Waals surface area contributed by atoms with Crippen LogP contribution in [-0.2, 0) is 6.42 Å². The molecule has 1 heteroatoms. The van der Waals surface area contributed by atoms with Crippen LogP contribution in [0, 0.1) is 29.6 Å². The van der Waals surface area contributed by atoms with Crippen LogP contribution in [0.15, 0.2) is 30.3 Å². The maximum absolute atomic E-state index is 9.47. The molecule has 1 aromatic rings. The summed E-state index contributed by atoms with van der Waals surface area (Å²) in [7, 11) is 0. The molecule has 0 bridgehead atoms. The molecule has 0 aliphatic heterocycles. The van der Waals surface area contributed by atoms with Gasteiger partial charge in [0.2, 0.25) is 0 Å². The van der Waals surface area contributed by atoms with Gasteiger partial charge >= 0.3 is 0 Å². The predicted octanol–water partition coefficient (Wildman–Crippen LogP) is 5.57. The minimum absolute atomic E-state index is 0.0818. The maximum Gasteiger partial charge on any atom is 0.0659 e. The molecule has 0 saturated heterocycles. The van der Waals surface area contributed by atoms with Crippen LogP contribution in [0.5, 0.6) is 0 Å². The Morgan fingerprint density at radius 2 is 1.85 bits per heavy atom. The standard InChI is InChI=1S/C19H28N/c1-4-6-13-19(3,12-5-2)15-18(16-20)14-17-10-8-7-9-11-17/h7-11,18H,3-6,12-15H2,1-2H3. The molecule has 0 aliphatic carbocycles. The average Bonchev–Trinajstić information content (AvgIpc) is 2.46. The van der Waals surface area contributed by atoms with E-state index in [2.05, 4.69) is 39.0 Å². The number of benzene rings is 1. The molecule has 2 atom stereocenters. The summed E-state index contributed by atoms with van der Waals surface area (Å²) in [6.45, 7) is 8.91. The fraction of sp³-hybridized carbons (Fsp3) is 0.579. The molecule has 0 heterocycles. The monoisotopic (exact) mass is 270 g/mol. The quantitative estimate of drug-likeness (QED) is 0.575. The molecule has 0 spiro atoms. The molecule has 1 aromatic carbocycles. The van der Waals surface area contributed by atoms with Gasteiger partial charge < -0.3 is 0 Å². The Morgan fingerprint density at radius 1 is 1.15 bits per heavy atom. The molecule has 0 fully saturated rings. The van der Waals surface area contributed by atoms with Gasteiger partial charge in [-0.3, -0.25) is 0 Å². The molecule has 1 nitrogen and oxygen atoms in total. The Kier molecular flexibility index (Phi) is 7.37. The summed E-state index contributed by atoms with van der Waals surface area (Å²) in [5.74, 6) is 0.0818. The maximum atomic E-state index is 9.47. The third-order valence-electron chi connectivity index (χ3n) is 4.03. The van der Waals surface area contributed by atoms with Crippen LogP contribution in [0.3, 0.4) is 0 Å². The minimum atomic E-state index is 0.0818. The third-order valence-corrected chi connectivity index (χ3v) is 4.03. The van der Waals surface area contributed by atoms with Crippen molar-refractivity contribution in [2.24, 2.45) is 11.3 Å². The predicted molar refractivity (Wildman–Crippen MR) is 86.1 cm³/mol. The van der Waals surface area contributed by atoms with Gasteiger partial charge in [-0.05, 0) is 43.6 Å². The largest absolute Gasteiger partial charge is 0.198 e. The van der Waals surface area contributed by atoms with Crippen molar-refractivity contribution < 1.29 is 0 Å². The van der Waals surface area contributed by atoms with E-state index in [0.717, 1.165) is 32.1 Å². The van der Waals surface area contributed by atoms with E-state index in [9.17, 15) is 5.26 Å². The summed E-state index contributed by atoms with van der Waals surface area (Å²) < 4.78 is 0. The van der Waals surface area contributed by atoms with Crippen LogP contribution in [0.4, 0.5) is 0 Å². The van der Waals surface area contributed by atoms with Crippen molar-refractivity contribution in [3.63, 3.8) is 0 Å². The summed E-state index contributed by atoms with van der Waals surface area (Å²) in [4.78, 5) is 0. The number of nitrogens with zero attached hydrogens (tertiary/aromatic N) is 1. The molecule has 20 heavy (non-hydrogen) atoms. The van der Waals surface area contributed by atoms with Crippen molar-refractivity contribution in [1.29, 1.82) is 5.26 Å². The van der Waals surface area contributed by atoms with Gasteiger partial charge in [-0.25, -0.2) is 0 Å². The highest BCUT2D eigenvalue weighted by Gasteiger charge is 2.27. The normalized spacial score (nSPS) is 15.3. The van der Waals surface area contributed by atoms with Gasteiger partial charge in [0.1, 0.15) is 0 Å². The molecule has 0 saturated carbocycles. The zero-order valence-electron chi connectivity index (χ0n) is 13.1. The highest BCUT2D eigenvalue weighted by Crippen LogP contribution is 2.37. The van der Waals surface area contributed by atoms with Gasteiger partial charge in [-0.15, -0.1) is 0 Å². The van der Waals surface area contributed by atoms with Gasteiger partial charge in [0.25, 0.3) is 0 Å². The van der Waals surface area contributed by atoms with Gasteiger partial charge in [0, 0.05) is 0 Å². The van der Waals surface area contributed by atoms with Crippen molar-refractivity contribution >= 4 is 0 Å². The summed E-state index contributed by atoms with van der Waals surface area (Å²) in [5, 5.41) is 9.47. The van der Waals surface area contributed by atoms with Crippen molar-refractivity contribution in [1.82, 2.24) is 0 Å². The highest BCUT2D eigenvalue weighted by molar-refractivity contribution is 5.16. The lowest BCUT2D eigenvalue weighted by Crippen LogP contribution is -2.22. The lowest BCUT2D eigenvalue weighted by molar-refractivity contribution is 0.252. The van der Waals surface area contributed by atoms with Crippen molar-refractivity contribution in [3.05, 3.63) is 42.8 Å². The topological polar surface area (TPSA) is 23.8 Å². The van der Waals surface area contributed by atoms with Crippen LogP contribution < -0.4 is 0 Å². The van der Waals surface area contributed by atoms with E-state index in [1.54, 1.807) is 0 Å². The Labute approximate surface area is 125 Å². The van der Waals surface area contributed by atoms with E-state index in [0.29, 0.717) is 0 Å². The number of hydrogen-bond acceptors (Lipinski definition) is 1. The zero-order chi connectivity index (χ0) is 14.8. The number of nitriles is 1. The van der Waals surface area contributed by atoms with Crippen LogP contribution >= 0.6 is 0 Å². The molecule has 1 radical (unpaired) electrons. The first kappa shape index (κ1) is 16.8. The van der Waals surface area contributed by atoms with E-state index < -0.39 is 0 Å². The van der Waals surface area contributed by atoms with Crippen molar-refractivity contribution in [3.8, 4) is 6.07 Å². The molecule has 0 N–H and O–H groups in total. The van der Waals surface area contributed by atoms with E-state index in [1.165, 1.54) is 18.4 Å². The summed E-state index contributed by atoms with van der Waals surface area (Å²) >= 11 is 0. The Balaban J connectivity index is 2.66. The van der Waals surface area contributed by atoms with Crippen molar-refractivity contribution in [2.45, 2.75) is 58.8 Å². The van der Waals surface area contributed by atoms with Crippen LogP contribution in [0.2, 0.25) is 0 Å². The van der Waals surface area contributed by atoms with Crippen LogP contribution in [0.1, 0.15) is 57.9 Å². The molecule has 0 aliphatic rings. The molecular weight excluding hydrogens is 242 g/mol. The molecular formula is C19H28N. The second-order valence-electron chi connectivity index (χ2n) is 6.07. The Hall–Kier alpha value is -1.29. The zero-order valence-corrected chi connectivity index (χ0v) is 13.1. The van der Waals surface area contributed by atoms with Crippen molar-refractivity contribution in [2.75, 3.05) is 0 Å². The van der Waals surface area contributed by atoms with Gasteiger partial charge in [-0.1, -0.05) is 63.4 Å². The second-order valence-corrected chi connectivity index (χ2v) is 6.07. The fourth-order valence-corrected chi connectivity index (χ4v) is 3.00. The molecule has 2 unspecified atom stereocenters. The second kappa shape index (κ2) is 8.80. The van der Waals surface area contributed by atoms with Crippen LogP contribution in [0.25, 0.3) is 0 Å². The number of rotatable bonds is 9. The smallest absolute Gasteiger partial charge is 0.0659 e. The fourth-order valence-electron chi connectivity index (χ4n) is 3.00. The molecule has 0 amide bonds. The lowest BCUT2D eigenvalue weighted by Gasteiger charge is -2.31. The van der Waals surface area contributed by atoms with E-state index in [4.69, 9.17) is 0 Å². The Bertz CT molecular complexity index is 404. The van der Waals surface area contributed by atoms with Gasteiger partial charge in [0.15, 0.2) is 0 Å². The van der Waals surface area contributed by atoms with Crippen LogP contribution in [-0.4, -0.2) is 0 Å². The molecule has 1 rings (SSSR count). The Morgan fingerprint density at radius 3 is 2.40 bits per heavy atom. The van der Waals surface area contributed by atoms with E-state index >= 15 is 0 Å².